The molecule has 106 valence electrons. The number of rotatable bonds is 6. The number of aryl methyl sites for hydroxylation is 2. The molecule has 0 aliphatic carbocycles. The van der Waals surface area contributed by atoms with Crippen molar-refractivity contribution >= 4 is 0 Å². The van der Waals surface area contributed by atoms with Gasteiger partial charge in [-0.15, -0.1) is 0 Å². The van der Waals surface area contributed by atoms with Crippen LogP contribution < -0.4 is 5.32 Å². The van der Waals surface area contributed by atoms with E-state index in [1.165, 1.54) is 23.1 Å². The third-order valence-electron chi connectivity index (χ3n) is 3.79. The molecule has 1 heteroatoms. The monoisotopic (exact) mass is 267 g/mol. The Labute approximate surface area is 123 Å². The minimum absolute atomic E-state index is 0.403. The molecule has 0 amide bonds. The molecule has 0 radical (unpaired) electrons. The molecule has 2 aromatic rings. The van der Waals surface area contributed by atoms with E-state index in [9.17, 15) is 0 Å². The van der Waals surface area contributed by atoms with Crippen LogP contribution in [-0.4, -0.2) is 6.04 Å². The van der Waals surface area contributed by atoms with Crippen molar-refractivity contribution in [3.63, 3.8) is 0 Å². The Balaban J connectivity index is 1.83. The van der Waals surface area contributed by atoms with Crippen LogP contribution in [0.25, 0.3) is 0 Å². The maximum absolute atomic E-state index is 3.69. The van der Waals surface area contributed by atoms with Crippen LogP contribution in [0, 0.1) is 6.92 Å². The molecule has 0 bridgehead atoms. The van der Waals surface area contributed by atoms with Gasteiger partial charge in [0.2, 0.25) is 0 Å². The summed E-state index contributed by atoms with van der Waals surface area (Å²) in [5.41, 5.74) is 4.12. The second-order valence-electron chi connectivity index (χ2n) is 5.73. The van der Waals surface area contributed by atoms with E-state index in [1.807, 2.05) is 0 Å². The SMILES string of the molecule is Cc1cccc([C@@H](C)NC(C)CCc2ccccc2)c1. The summed E-state index contributed by atoms with van der Waals surface area (Å²) in [6.45, 7) is 6.66. The van der Waals surface area contributed by atoms with E-state index in [0.29, 0.717) is 12.1 Å². The molecule has 1 nitrogen and oxygen atoms in total. The molecule has 0 fully saturated rings. The highest BCUT2D eigenvalue weighted by Crippen LogP contribution is 2.15. The van der Waals surface area contributed by atoms with Crippen LogP contribution in [0.5, 0.6) is 0 Å². The van der Waals surface area contributed by atoms with Gasteiger partial charge in [-0.05, 0) is 44.7 Å². The zero-order valence-electron chi connectivity index (χ0n) is 12.8. The molecule has 2 atom stereocenters. The van der Waals surface area contributed by atoms with Crippen molar-refractivity contribution in [2.24, 2.45) is 0 Å². The molecule has 1 unspecified atom stereocenters. The van der Waals surface area contributed by atoms with Crippen molar-refractivity contribution < 1.29 is 0 Å². The number of benzene rings is 2. The van der Waals surface area contributed by atoms with Crippen molar-refractivity contribution in [2.75, 3.05) is 0 Å². The third kappa shape index (κ3) is 4.50. The first-order chi connectivity index (χ1) is 9.65. The predicted molar refractivity (Wildman–Crippen MR) is 87.0 cm³/mol. The van der Waals surface area contributed by atoms with Crippen LogP contribution in [-0.2, 0) is 6.42 Å². The Hall–Kier alpha value is -1.60. The van der Waals surface area contributed by atoms with E-state index in [2.05, 4.69) is 80.7 Å². The van der Waals surface area contributed by atoms with Crippen molar-refractivity contribution in [2.45, 2.75) is 45.7 Å². The lowest BCUT2D eigenvalue weighted by Crippen LogP contribution is -2.29. The summed E-state index contributed by atoms with van der Waals surface area (Å²) < 4.78 is 0. The molecule has 0 saturated heterocycles. The normalized spacial score (nSPS) is 13.9. The summed E-state index contributed by atoms with van der Waals surface area (Å²) in [6.07, 6.45) is 2.30. The Morgan fingerprint density at radius 3 is 2.40 bits per heavy atom. The van der Waals surface area contributed by atoms with Crippen LogP contribution in [0.1, 0.15) is 43.0 Å². The minimum atomic E-state index is 0.403. The standard InChI is InChI=1S/C19H25N/c1-15-8-7-11-19(14-15)17(3)20-16(2)12-13-18-9-5-4-6-10-18/h4-11,14,16-17,20H,12-13H2,1-3H3/t16?,17-/m1/s1. The lowest BCUT2D eigenvalue weighted by molar-refractivity contribution is 0.456. The maximum atomic E-state index is 3.69. The first-order valence-corrected chi connectivity index (χ1v) is 7.51. The van der Waals surface area contributed by atoms with E-state index >= 15 is 0 Å². The lowest BCUT2D eigenvalue weighted by atomic mass is 10.0. The molecule has 20 heavy (non-hydrogen) atoms. The lowest BCUT2D eigenvalue weighted by Gasteiger charge is -2.20. The van der Waals surface area contributed by atoms with Gasteiger partial charge in [-0.3, -0.25) is 0 Å². The zero-order chi connectivity index (χ0) is 14.4. The Morgan fingerprint density at radius 1 is 0.950 bits per heavy atom. The van der Waals surface area contributed by atoms with Gasteiger partial charge in [0.25, 0.3) is 0 Å². The van der Waals surface area contributed by atoms with Crippen LogP contribution in [0.3, 0.4) is 0 Å². The zero-order valence-corrected chi connectivity index (χ0v) is 12.8. The van der Waals surface area contributed by atoms with Gasteiger partial charge in [-0.2, -0.15) is 0 Å². The van der Waals surface area contributed by atoms with Crippen molar-refractivity contribution in [1.29, 1.82) is 0 Å². The molecular formula is C19H25N. The van der Waals surface area contributed by atoms with Crippen LogP contribution in [0.4, 0.5) is 0 Å². The van der Waals surface area contributed by atoms with E-state index in [4.69, 9.17) is 0 Å². The van der Waals surface area contributed by atoms with E-state index < -0.39 is 0 Å². The molecule has 2 aromatic carbocycles. The number of hydrogen-bond donors (Lipinski definition) is 1. The fourth-order valence-corrected chi connectivity index (χ4v) is 2.57. The fourth-order valence-electron chi connectivity index (χ4n) is 2.57. The van der Waals surface area contributed by atoms with E-state index in [0.717, 1.165) is 6.42 Å². The summed E-state index contributed by atoms with van der Waals surface area (Å²) in [5.74, 6) is 0. The molecule has 1 N–H and O–H groups in total. The predicted octanol–water partition coefficient (Wildman–Crippen LogP) is 4.67. The van der Waals surface area contributed by atoms with Crippen molar-refractivity contribution in [3.05, 3.63) is 71.3 Å². The Bertz CT molecular complexity index is 518. The Kier molecular flexibility index (Phi) is 5.37. The Morgan fingerprint density at radius 2 is 1.70 bits per heavy atom. The van der Waals surface area contributed by atoms with Crippen molar-refractivity contribution in [1.82, 2.24) is 5.32 Å². The third-order valence-corrected chi connectivity index (χ3v) is 3.79. The summed E-state index contributed by atoms with van der Waals surface area (Å²) in [5, 5.41) is 3.69. The smallest absolute Gasteiger partial charge is 0.0294 e. The molecule has 0 aliphatic rings. The van der Waals surface area contributed by atoms with Crippen molar-refractivity contribution in [3.8, 4) is 0 Å². The van der Waals surface area contributed by atoms with Crippen LogP contribution in [0.2, 0.25) is 0 Å². The molecule has 0 aromatic heterocycles. The van der Waals surface area contributed by atoms with Gasteiger partial charge in [0, 0.05) is 12.1 Å². The highest BCUT2D eigenvalue weighted by atomic mass is 14.9. The van der Waals surface area contributed by atoms with Crippen LogP contribution in [0.15, 0.2) is 54.6 Å². The minimum Gasteiger partial charge on any atom is -0.308 e. The van der Waals surface area contributed by atoms with Gasteiger partial charge >= 0.3 is 0 Å². The molecule has 2 rings (SSSR count). The number of nitrogens with one attached hydrogen (secondary N) is 1. The van der Waals surface area contributed by atoms with Gasteiger partial charge in [-0.1, -0.05) is 60.2 Å². The first kappa shape index (κ1) is 14.8. The van der Waals surface area contributed by atoms with Gasteiger partial charge in [0.05, 0.1) is 0 Å². The average molecular weight is 267 g/mol. The maximum Gasteiger partial charge on any atom is 0.0294 e. The highest BCUT2D eigenvalue weighted by molar-refractivity contribution is 5.24. The molecule has 0 spiro atoms. The second-order valence-corrected chi connectivity index (χ2v) is 5.73. The molecular weight excluding hydrogens is 242 g/mol. The highest BCUT2D eigenvalue weighted by Gasteiger charge is 2.09. The second kappa shape index (κ2) is 7.25. The summed E-state index contributed by atoms with van der Waals surface area (Å²) in [7, 11) is 0. The molecule has 0 heterocycles. The van der Waals surface area contributed by atoms with Gasteiger partial charge in [0.1, 0.15) is 0 Å². The summed E-state index contributed by atoms with van der Waals surface area (Å²) in [6, 6.07) is 20.4. The largest absolute Gasteiger partial charge is 0.308 e. The topological polar surface area (TPSA) is 12.0 Å². The molecule has 0 aliphatic heterocycles. The first-order valence-electron chi connectivity index (χ1n) is 7.51. The summed E-state index contributed by atoms with van der Waals surface area (Å²) >= 11 is 0. The van der Waals surface area contributed by atoms with E-state index in [-0.39, 0.29) is 0 Å². The van der Waals surface area contributed by atoms with Gasteiger partial charge in [-0.25, -0.2) is 0 Å². The number of hydrogen-bond acceptors (Lipinski definition) is 1. The van der Waals surface area contributed by atoms with E-state index in [1.54, 1.807) is 0 Å². The quantitative estimate of drug-likeness (QED) is 0.802. The fraction of sp³-hybridized carbons (Fsp3) is 0.368. The van der Waals surface area contributed by atoms with Gasteiger partial charge < -0.3 is 5.32 Å². The average Bonchev–Trinajstić information content (AvgIpc) is 2.46. The van der Waals surface area contributed by atoms with Crippen LogP contribution >= 0.6 is 0 Å². The molecule has 0 saturated carbocycles. The summed E-state index contributed by atoms with van der Waals surface area (Å²) in [4.78, 5) is 0. The van der Waals surface area contributed by atoms with Gasteiger partial charge in [0.15, 0.2) is 0 Å².